The third-order valence-electron chi connectivity index (χ3n) is 0.759. The Kier molecular flexibility index (Phi) is 22.6. The minimum atomic E-state index is 0. The molecule has 0 atom stereocenters. The van der Waals surface area contributed by atoms with Crippen LogP contribution in [0.2, 0.25) is 0 Å². The van der Waals surface area contributed by atoms with Crippen molar-refractivity contribution < 1.29 is 58.6 Å². The normalized spacial score (nSPS) is 8.40. The Morgan fingerprint density at radius 1 is 1.40 bits per heavy atom. The van der Waals surface area contributed by atoms with Gasteiger partial charge in [0.05, 0.1) is 0 Å². The maximum absolute atomic E-state index is 8.12. The molecule has 0 spiro atoms. The van der Waals surface area contributed by atoms with Gasteiger partial charge in [0.1, 0.15) is 0 Å². The zero-order valence-electron chi connectivity index (χ0n) is 5.75. The Bertz CT molecular complexity index is 120. The van der Waals surface area contributed by atoms with Gasteiger partial charge in [-0.15, -0.1) is 13.8 Å². The molecule has 58 valence electrons. The molecule has 0 radical (unpaired) electrons. The molecule has 0 aliphatic rings. The van der Waals surface area contributed by atoms with Gasteiger partial charge in [-0.25, -0.2) is 0 Å². The predicted octanol–water partition coefficient (Wildman–Crippen LogP) is 1.62. The summed E-state index contributed by atoms with van der Waals surface area (Å²) in [6.07, 6.45) is 1.92. The summed E-state index contributed by atoms with van der Waals surface area (Å²) in [6.45, 7) is 8.60. The van der Waals surface area contributed by atoms with Gasteiger partial charge in [0, 0.05) is 21.1 Å². The standard InChI is InChI=1S/C6H8O.3W/c1-5(2)6(3)4-7;;;/h1,7H,2-3H3;;;/q-2;;;. The van der Waals surface area contributed by atoms with Crippen LogP contribution >= 0.6 is 0 Å². The summed E-state index contributed by atoms with van der Waals surface area (Å²) < 4.78 is 0. The van der Waals surface area contributed by atoms with Crippen molar-refractivity contribution in [1.82, 2.24) is 0 Å². The average Bonchev–Trinajstić information content (AvgIpc) is 1.91. The average molecular weight is 648 g/mol. The van der Waals surface area contributed by atoms with Gasteiger partial charge in [-0.3, -0.25) is 0 Å². The number of aliphatic hydroxyl groups excluding tert-OH is 1. The molecule has 10 heavy (non-hydrogen) atoms. The van der Waals surface area contributed by atoms with Crippen LogP contribution < -0.4 is 0 Å². The van der Waals surface area contributed by atoms with Gasteiger partial charge in [-0.1, -0.05) is 0 Å². The SMILES string of the molecule is [CH-]=C(C)C(C)=[C-]O.[W].[W]=[W]. The first-order valence-electron chi connectivity index (χ1n) is 2.18. The summed E-state index contributed by atoms with van der Waals surface area (Å²) in [6, 6.07) is 0. The van der Waals surface area contributed by atoms with E-state index in [0.717, 1.165) is 0 Å². The molecule has 0 bridgehead atoms. The molecule has 0 aliphatic heterocycles. The molecule has 0 aliphatic carbocycles. The number of rotatable bonds is 1. The Balaban J connectivity index is -0.000000149. The third kappa shape index (κ3) is 12.1. The van der Waals surface area contributed by atoms with Crippen molar-refractivity contribution >= 4 is 0 Å². The predicted molar refractivity (Wildman–Crippen MR) is 28.5 cm³/mol. The van der Waals surface area contributed by atoms with Crippen LogP contribution in [0.25, 0.3) is 0 Å². The number of allylic oxidation sites excluding steroid dienone is 2. The van der Waals surface area contributed by atoms with Crippen LogP contribution in [0.15, 0.2) is 11.1 Å². The second-order valence-corrected chi connectivity index (χ2v) is 1.42. The first-order valence-corrected chi connectivity index (χ1v) is 13.2. The van der Waals surface area contributed by atoms with Crippen molar-refractivity contribution in [2.24, 2.45) is 0 Å². The summed E-state index contributed by atoms with van der Waals surface area (Å²) in [4.78, 5) is 0. The second kappa shape index (κ2) is 13.0. The van der Waals surface area contributed by atoms with Gasteiger partial charge in [0.25, 0.3) is 0 Å². The van der Waals surface area contributed by atoms with Crippen LogP contribution in [0.4, 0.5) is 0 Å². The van der Waals surface area contributed by atoms with E-state index in [9.17, 15) is 0 Å². The fourth-order valence-electron chi connectivity index (χ4n) is 0.0882. The summed E-state index contributed by atoms with van der Waals surface area (Å²) in [5.74, 6) is 0. The van der Waals surface area contributed by atoms with Crippen molar-refractivity contribution in [1.29, 1.82) is 0 Å². The Labute approximate surface area is 95.5 Å². The monoisotopic (exact) mass is 648 g/mol. The van der Waals surface area contributed by atoms with Crippen LogP contribution in [-0.2, 0) is 53.5 Å². The molecular weight excluding hydrogens is 640 g/mol. The van der Waals surface area contributed by atoms with E-state index in [0.29, 0.717) is 11.1 Å². The zero-order chi connectivity index (χ0) is 7.86. The van der Waals surface area contributed by atoms with Gasteiger partial charge in [0.15, 0.2) is 0 Å². The molecule has 0 saturated heterocycles. The minimum absolute atomic E-state index is 0. The van der Waals surface area contributed by atoms with Crippen molar-refractivity contribution in [2.45, 2.75) is 13.8 Å². The van der Waals surface area contributed by atoms with E-state index < -0.39 is 0 Å². The molecule has 1 N–H and O–H groups in total. The van der Waals surface area contributed by atoms with E-state index in [1.807, 2.05) is 6.26 Å². The van der Waals surface area contributed by atoms with Gasteiger partial charge >= 0.3 is 32.4 Å². The molecule has 1 nitrogen and oxygen atoms in total. The number of hydrogen-bond acceptors (Lipinski definition) is 1. The maximum atomic E-state index is 8.12. The molecule has 4 heteroatoms. The van der Waals surface area contributed by atoms with Crippen LogP contribution in [0.3, 0.4) is 0 Å². The molecule has 0 amide bonds. The molecular formula is C6H8OW3-2. The van der Waals surface area contributed by atoms with Crippen molar-refractivity contribution in [2.75, 3.05) is 0 Å². The van der Waals surface area contributed by atoms with E-state index >= 15 is 0 Å². The summed E-state index contributed by atoms with van der Waals surface area (Å²) in [5.41, 5.74) is 1.20. The first kappa shape index (κ1) is 17.4. The second-order valence-electron chi connectivity index (χ2n) is 1.42. The van der Waals surface area contributed by atoms with Crippen LogP contribution in [0.1, 0.15) is 13.8 Å². The zero-order valence-corrected chi connectivity index (χ0v) is 14.5. The van der Waals surface area contributed by atoms with E-state index in [-0.39, 0.29) is 21.1 Å². The van der Waals surface area contributed by atoms with E-state index in [4.69, 9.17) is 11.7 Å². The van der Waals surface area contributed by atoms with E-state index in [1.54, 1.807) is 46.3 Å². The van der Waals surface area contributed by atoms with Crippen molar-refractivity contribution in [3.05, 3.63) is 24.0 Å². The molecule has 0 aromatic carbocycles. The fourth-order valence-corrected chi connectivity index (χ4v) is 0.0882. The van der Waals surface area contributed by atoms with Gasteiger partial charge in [0.2, 0.25) is 0 Å². The summed E-state index contributed by atoms with van der Waals surface area (Å²) in [5, 5.41) is 8.12. The van der Waals surface area contributed by atoms with Crippen LogP contribution in [0, 0.1) is 12.8 Å². The van der Waals surface area contributed by atoms with Crippen LogP contribution in [0.5, 0.6) is 0 Å². The Morgan fingerprint density at radius 3 is 1.70 bits per heavy atom. The summed E-state index contributed by atoms with van der Waals surface area (Å²) in [7, 11) is 0. The molecule has 0 aromatic rings. The van der Waals surface area contributed by atoms with Gasteiger partial charge < -0.3 is 22.8 Å². The topological polar surface area (TPSA) is 20.2 Å². The number of hydrogen-bond donors (Lipinski definition) is 1. The molecule has 0 rings (SSSR count). The van der Waals surface area contributed by atoms with Crippen LogP contribution in [-0.4, -0.2) is 5.11 Å². The fraction of sp³-hybridized carbons (Fsp3) is 0.333. The van der Waals surface area contributed by atoms with E-state index in [2.05, 4.69) is 0 Å². The molecule has 0 unspecified atom stereocenters. The molecule has 0 fully saturated rings. The van der Waals surface area contributed by atoms with Gasteiger partial charge in [-0.05, 0) is 0 Å². The van der Waals surface area contributed by atoms with Crippen molar-refractivity contribution in [3.63, 3.8) is 0 Å². The Hall–Kier alpha value is 1.34. The van der Waals surface area contributed by atoms with Crippen molar-refractivity contribution in [3.8, 4) is 0 Å². The van der Waals surface area contributed by atoms with Gasteiger partial charge in [-0.2, -0.15) is 6.26 Å². The Morgan fingerprint density at radius 2 is 1.70 bits per heavy atom. The summed E-state index contributed by atoms with van der Waals surface area (Å²) >= 11 is 3.33. The first-order chi connectivity index (χ1) is 4.18. The number of aliphatic hydroxyl groups is 1. The molecule has 0 heterocycles. The third-order valence-corrected chi connectivity index (χ3v) is 0.759. The molecule has 0 saturated carbocycles. The quantitative estimate of drug-likeness (QED) is 0.261. The van der Waals surface area contributed by atoms with E-state index in [1.165, 1.54) is 0 Å². The molecule has 0 aromatic heterocycles.